The van der Waals surface area contributed by atoms with Crippen molar-refractivity contribution in [2.75, 3.05) is 29.9 Å². The lowest BCUT2D eigenvalue weighted by Gasteiger charge is -2.26. The first-order valence-electron chi connectivity index (χ1n) is 11.0. The fourth-order valence-electron chi connectivity index (χ4n) is 4.09. The van der Waals surface area contributed by atoms with Crippen LogP contribution in [-0.4, -0.2) is 50.5 Å². The van der Waals surface area contributed by atoms with Crippen LogP contribution in [0.4, 0.5) is 20.3 Å². The van der Waals surface area contributed by atoms with Crippen molar-refractivity contribution in [2.45, 2.75) is 19.2 Å². The van der Waals surface area contributed by atoms with Crippen LogP contribution in [0.5, 0.6) is 0 Å². The number of rotatable bonds is 5. The molecule has 5 rings (SSSR count). The Balaban J connectivity index is 1.39. The van der Waals surface area contributed by atoms with Gasteiger partial charge in [-0.3, -0.25) is 10.1 Å². The molecule has 10 heteroatoms. The Morgan fingerprint density at radius 2 is 1.82 bits per heavy atom. The molecule has 1 fully saturated rings. The van der Waals surface area contributed by atoms with Crippen molar-refractivity contribution in [3.63, 3.8) is 0 Å². The largest absolute Gasteiger partial charge is 0.374 e. The minimum atomic E-state index is -1.00. The van der Waals surface area contributed by atoms with Gasteiger partial charge in [0.05, 0.1) is 23.2 Å². The van der Waals surface area contributed by atoms with Gasteiger partial charge in [0.1, 0.15) is 23.7 Å². The molecule has 1 aromatic heterocycles. The Morgan fingerprint density at radius 3 is 2.53 bits per heavy atom. The van der Waals surface area contributed by atoms with E-state index in [0.29, 0.717) is 23.4 Å². The lowest BCUT2D eigenvalue weighted by Crippen LogP contribution is -2.38. The van der Waals surface area contributed by atoms with Gasteiger partial charge in [-0.1, -0.05) is 18.2 Å². The highest BCUT2D eigenvalue weighted by molar-refractivity contribution is 7.99. The van der Waals surface area contributed by atoms with Crippen LogP contribution in [0.15, 0.2) is 42.5 Å². The number of aliphatic hydroxyl groups excluding tert-OH is 1. The van der Waals surface area contributed by atoms with Crippen molar-refractivity contribution in [2.24, 2.45) is 0 Å². The van der Waals surface area contributed by atoms with Crippen LogP contribution < -0.4 is 10.6 Å². The number of aliphatic hydroxyl groups is 1. The molecule has 1 atom stereocenters. The molecule has 1 unspecified atom stereocenters. The third-order valence-electron chi connectivity index (χ3n) is 5.88. The SMILES string of the molecule is O=C(Cc1ccc(Nc2nc(-c3c(F)cccc3F)nc3c2C(O)NC3)cc1)N1CCSCC1. The number of fused-ring (bicyclic) bond motifs is 1. The molecule has 2 aliphatic heterocycles. The molecule has 3 aromatic rings. The molecule has 2 aliphatic rings. The van der Waals surface area contributed by atoms with E-state index in [1.807, 2.05) is 28.8 Å². The number of thioether (sulfide) groups is 1. The lowest BCUT2D eigenvalue weighted by molar-refractivity contribution is -0.130. The molecular weight excluding hydrogens is 460 g/mol. The number of carbonyl (C=O) groups excluding carboxylic acids is 1. The predicted octanol–water partition coefficient (Wildman–Crippen LogP) is 3.38. The van der Waals surface area contributed by atoms with Gasteiger partial charge >= 0.3 is 0 Å². The third-order valence-corrected chi connectivity index (χ3v) is 6.83. The maximum atomic E-state index is 14.4. The van der Waals surface area contributed by atoms with Crippen LogP contribution >= 0.6 is 11.8 Å². The Kier molecular flexibility index (Phi) is 6.44. The van der Waals surface area contributed by atoms with Crippen molar-refractivity contribution in [1.82, 2.24) is 20.2 Å². The number of hydrogen-bond acceptors (Lipinski definition) is 7. The molecule has 0 spiro atoms. The maximum absolute atomic E-state index is 14.4. The summed E-state index contributed by atoms with van der Waals surface area (Å²) in [5.74, 6) is 0.677. The topological polar surface area (TPSA) is 90.4 Å². The molecular formula is C24H23F2N5O2S. The highest BCUT2D eigenvalue weighted by Crippen LogP contribution is 2.34. The zero-order chi connectivity index (χ0) is 23.7. The second-order valence-electron chi connectivity index (χ2n) is 8.13. The number of anilines is 2. The fraction of sp³-hybridized carbons (Fsp3) is 0.292. The minimum Gasteiger partial charge on any atom is -0.374 e. The molecule has 3 N–H and O–H groups in total. The molecule has 1 amide bonds. The van der Waals surface area contributed by atoms with Gasteiger partial charge in [0.15, 0.2) is 5.82 Å². The minimum absolute atomic E-state index is 0.102. The van der Waals surface area contributed by atoms with E-state index in [9.17, 15) is 18.7 Å². The van der Waals surface area contributed by atoms with Gasteiger partial charge in [-0.25, -0.2) is 18.7 Å². The van der Waals surface area contributed by atoms with Crippen LogP contribution in [0.2, 0.25) is 0 Å². The van der Waals surface area contributed by atoms with Crippen LogP contribution in [0, 0.1) is 11.6 Å². The summed E-state index contributed by atoms with van der Waals surface area (Å²) in [7, 11) is 0. The van der Waals surface area contributed by atoms with E-state index in [-0.39, 0.29) is 29.7 Å². The summed E-state index contributed by atoms with van der Waals surface area (Å²) < 4.78 is 28.7. The average Bonchev–Trinajstić information content (AvgIpc) is 3.21. The standard InChI is InChI=1S/C24H23F2N5O2S/c25-16-2-1-3-17(26)20(16)22-29-18-13-27-24(33)21(18)23(30-22)28-15-6-4-14(5-7-15)12-19(32)31-8-10-34-11-9-31/h1-7,24,27,33H,8-13H2,(H,28,29,30). The van der Waals surface area contributed by atoms with Gasteiger partial charge in [0.2, 0.25) is 5.91 Å². The number of nitrogens with one attached hydrogen (secondary N) is 2. The highest BCUT2D eigenvalue weighted by atomic mass is 32.2. The maximum Gasteiger partial charge on any atom is 0.227 e. The van der Waals surface area contributed by atoms with Crippen molar-refractivity contribution >= 4 is 29.2 Å². The Labute approximate surface area is 199 Å². The van der Waals surface area contributed by atoms with Crippen LogP contribution in [-0.2, 0) is 17.8 Å². The third kappa shape index (κ3) is 4.61. The van der Waals surface area contributed by atoms with E-state index in [1.165, 1.54) is 6.07 Å². The van der Waals surface area contributed by atoms with Gasteiger partial charge in [-0.05, 0) is 29.8 Å². The molecule has 176 valence electrons. The fourth-order valence-corrected chi connectivity index (χ4v) is 5.00. The van der Waals surface area contributed by atoms with Gasteiger partial charge in [-0.15, -0.1) is 0 Å². The number of carbonyl (C=O) groups is 1. The molecule has 3 heterocycles. The van der Waals surface area contributed by atoms with Crippen molar-refractivity contribution in [1.29, 1.82) is 0 Å². The quantitative estimate of drug-likeness (QED) is 0.513. The van der Waals surface area contributed by atoms with Crippen LogP contribution in [0.3, 0.4) is 0 Å². The summed E-state index contributed by atoms with van der Waals surface area (Å²) in [6, 6.07) is 10.9. The van der Waals surface area contributed by atoms with Crippen molar-refractivity contribution in [3.05, 3.63) is 70.9 Å². The second kappa shape index (κ2) is 9.65. The number of nitrogens with zero attached hydrogens (tertiary/aromatic N) is 3. The molecule has 34 heavy (non-hydrogen) atoms. The number of hydrogen-bond donors (Lipinski definition) is 3. The molecule has 0 aliphatic carbocycles. The van der Waals surface area contributed by atoms with Gasteiger partial charge in [0, 0.05) is 36.8 Å². The summed E-state index contributed by atoms with van der Waals surface area (Å²) in [6.45, 7) is 1.80. The number of aromatic nitrogens is 2. The van der Waals surface area contributed by atoms with E-state index in [1.54, 1.807) is 12.1 Å². The molecule has 0 radical (unpaired) electrons. The number of halogens is 2. The molecule has 0 saturated carbocycles. The van der Waals surface area contributed by atoms with Gasteiger partial charge in [0.25, 0.3) is 0 Å². The van der Waals surface area contributed by atoms with Crippen LogP contribution in [0.1, 0.15) is 23.0 Å². The van der Waals surface area contributed by atoms with E-state index in [2.05, 4.69) is 20.6 Å². The monoisotopic (exact) mass is 483 g/mol. The predicted molar refractivity (Wildman–Crippen MR) is 127 cm³/mol. The smallest absolute Gasteiger partial charge is 0.227 e. The lowest BCUT2D eigenvalue weighted by atomic mass is 10.1. The molecule has 2 aromatic carbocycles. The zero-order valence-electron chi connectivity index (χ0n) is 18.2. The van der Waals surface area contributed by atoms with E-state index in [4.69, 9.17) is 0 Å². The van der Waals surface area contributed by atoms with E-state index >= 15 is 0 Å². The normalized spacial score (nSPS) is 17.5. The summed E-state index contributed by atoms with van der Waals surface area (Å²) in [6.07, 6.45) is -0.677. The zero-order valence-corrected chi connectivity index (χ0v) is 19.0. The molecule has 0 bridgehead atoms. The van der Waals surface area contributed by atoms with Gasteiger partial charge in [-0.2, -0.15) is 11.8 Å². The number of benzene rings is 2. The molecule has 7 nitrogen and oxygen atoms in total. The van der Waals surface area contributed by atoms with Crippen LogP contribution in [0.25, 0.3) is 11.4 Å². The Hall–Kier alpha value is -3.08. The van der Waals surface area contributed by atoms with E-state index in [0.717, 1.165) is 42.3 Å². The van der Waals surface area contributed by atoms with Crippen molar-refractivity contribution in [3.8, 4) is 11.4 Å². The first-order valence-corrected chi connectivity index (χ1v) is 12.1. The summed E-state index contributed by atoms with van der Waals surface area (Å²) in [4.78, 5) is 23.1. The van der Waals surface area contributed by atoms with Gasteiger partial charge < -0.3 is 15.3 Å². The first kappa shape index (κ1) is 22.7. The summed E-state index contributed by atoms with van der Waals surface area (Å²) in [5.41, 5.74) is 2.12. The summed E-state index contributed by atoms with van der Waals surface area (Å²) >= 11 is 1.86. The average molecular weight is 484 g/mol. The number of amides is 1. The highest BCUT2D eigenvalue weighted by Gasteiger charge is 2.28. The first-order chi connectivity index (χ1) is 16.5. The van der Waals surface area contributed by atoms with Crippen molar-refractivity contribution < 1.29 is 18.7 Å². The van der Waals surface area contributed by atoms with E-state index < -0.39 is 17.9 Å². The molecule has 1 saturated heterocycles. The Morgan fingerprint density at radius 1 is 1.12 bits per heavy atom. The summed E-state index contributed by atoms with van der Waals surface area (Å²) in [5, 5.41) is 16.4. The second-order valence-corrected chi connectivity index (χ2v) is 9.35. The Bertz CT molecular complexity index is 1200.